The summed E-state index contributed by atoms with van der Waals surface area (Å²) in [5, 5.41) is 13.1. The van der Waals surface area contributed by atoms with Gasteiger partial charge < -0.3 is 5.11 Å². The van der Waals surface area contributed by atoms with Crippen LogP contribution in [-0.4, -0.2) is 36.2 Å². The highest BCUT2D eigenvalue weighted by Gasteiger charge is 2.54. The Morgan fingerprint density at radius 2 is 2.00 bits per heavy atom. The van der Waals surface area contributed by atoms with E-state index in [2.05, 4.69) is 10.0 Å². The topological polar surface area (TPSA) is 103 Å². The average molecular weight is 205 g/mol. The van der Waals surface area contributed by atoms with Gasteiger partial charge in [-0.15, -0.1) is 0 Å². The number of nitrogens with zero attached hydrogens (tertiary/aromatic N) is 3. The number of aliphatic hydroxyl groups is 1. The van der Waals surface area contributed by atoms with Crippen LogP contribution < -0.4 is 0 Å². The summed E-state index contributed by atoms with van der Waals surface area (Å²) in [7, 11) is -3.30. The minimum absolute atomic E-state index is 0.295. The summed E-state index contributed by atoms with van der Waals surface area (Å²) >= 11 is 0. The quantitative estimate of drug-likeness (QED) is 0.376. The van der Waals surface area contributed by atoms with Crippen molar-refractivity contribution < 1.29 is 13.5 Å². The highest BCUT2D eigenvalue weighted by atomic mass is 32.2. The fraction of sp³-hybridized carbons (Fsp3) is 1.00. The molecule has 1 heterocycles. The summed E-state index contributed by atoms with van der Waals surface area (Å²) < 4.78 is 22.4. The molecule has 0 bridgehead atoms. The molecular formula is C6H11N3O3S. The highest BCUT2D eigenvalue weighted by Crippen LogP contribution is 2.36. The first-order valence-electron chi connectivity index (χ1n) is 3.72. The summed E-state index contributed by atoms with van der Waals surface area (Å²) in [5.41, 5.74) is 5.52. The molecule has 0 spiro atoms. The Labute approximate surface area is 76.1 Å². The van der Waals surface area contributed by atoms with Gasteiger partial charge in [-0.1, -0.05) is 12.0 Å². The van der Waals surface area contributed by atoms with Crippen LogP contribution in [0.15, 0.2) is 5.11 Å². The number of azide groups is 1. The fourth-order valence-electron chi connectivity index (χ4n) is 1.45. The van der Waals surface area contributed by atoms with Crippen molar-refractivity contribution >= 4 is 9.84 Å². The molecule has 0 unspecified atom stereocenters. The summed E-state index contributed by atoms with van der Waals surface area (Å²) in [5.74, 6) is -0.646. The molecule has 1 aliphatic rings. The van der Waals surface area contributed by atoms with Crippen molar-refractivity contribution in [2.24, 2.45) is 5.11 Å². The van der Waals surface area contributed by atoms with E-state index in [1.807, 2.05) is 0 Å². The van der Waals surface area contributed by atoms with Crippen molar-refractivity contribution in [1.29, 1.82) is 0 Å². The fourth-order valence-corrected chi connectivity index (χ4v) is 3.95. The van der Waals surface area contributed by atoms with E-state index in [-0.39, 0.29) is 11.5 Å². The van der Waals surface area contributed by atoms with Crippen LogP contribution >= 0.6 is 0 Å². The molecule has 0 amide bonds. The Kier molecular flexibility index (Phi) is 2.06. The number of rotatable bonds is 1. The first kappa shape index (κ1) is 10.3. The molecule has 13 heavy (non-hydrogen) atoms. The summed E-state index contributed by atoms with van der Waals surface area (Å²) in [4.78, 5) is 2.55. The molecule has 0 radical (unpaired) electrons. The molecule has 74 valence electrons. The maximum absolute atomic E-state index is 11.2. The van der Waals surface area contributed by atoms with Crippen molar-refractivity contribution in [3.05, 3.63) is 10.4 Å². The average Bonchev–Trinajstić information content (AvgIpc) is 1.96. The van der Waals surface area contributed by atoms with Gasteiger partial charge in [0, 0.05) is 4.91 Å². The third kappa shape index (κ3) is 1.63. The van der Waals surface area contributed by atoms with Crippen molar-refractivity contribution in [2.75, 3.05) is 11.5 Å². The first-order chi connectivity index (χ1) is 5.72. The van der Waals surface area contributed by atoms with Gasteiger partial charge in [0.05, 0.1) is 22.6 Å². The van der Waals surface area contributed by atoms with Gasteiger partial charge >= 0.3 is 0 Å². The number of hydrogen-bond acceptors (Lipinski definition) is 4. The van der Waals surface area contributed by atoms with Gasteiger partial charge in [-0.25, -0.2) is 8.42 Å². The van der Waals surface area contributed by atoms with Gasteiger partial charge in [0.2, 0.25) is 0 Å². The van der Waals surface area contributed by atoms with Crippen molar-refractivity contribution in [3.8, 4) is 0 Å². The lowest BCUT2D eigenvalue weighted by molar-refractivity contribution is 0.0290. The van der Waals surface area contributed by atoms with Gasteiger partial charge in [0.25, 0.3) is 0 Å². The molecule has 2 atom stereocenters. The molecule has 0 aromatic rings. The van der Waals surface area contributed by atoms with E-state index in [4.69, 9.17) is 5.53 Å². The number of hydrogen-bond donors (Lipinski definition) is 1. The van der Waals surface area contributed by atoms with Crippen LogP contribution in [0.4, 0.5) is 0 Å². The molecule has 1 N–H and O–H groups in total. The lowest BCUT2D eigenvalue weighted by atomic mass is 9.87. The van der Waals surface area contributed by atoms with E-state index in [1.165, 1.54) is 13.8 Å². The van der Waals surface area contributed by atoms with E-state index in [9.17, 15) is 13.5 Å². The SMILES string of the molecule is C[C@@]1(N=[N+]=[N-])CS(=O)(=O)C[C@@]1(C)O. The van der Waals surface area contributed by atoms with Gasteiger partial charge in [0.15, 0.2) is 9.84 Å². The Morgan fingerprint density at radius 3 is 2.31 bits per heavy atom. The summed E-state index contributed by atoms with van der Waals surface area (Å²) in [6, 6.07) is 0. The van der Waals surface area contributed by atoms with E-state index in [0.29, 0.717) is 0 Å². The molecule has 1 aliphatic heterocycles. The maximum atomic E-state index is 11.2. The van der Waals surface area contributed by atoms with Crippen molar-refractivity contribution in [3.63, 3.8) is 0 Å². The smallest absolute Gasteiger partial charge is 0.153 e. The molecule has 0 saturated carbocycles. The zero-order chi connectivity index (χ0) is 10.3. The van der Waals surface area contributed by atoms with Crippen molar-refractivity contribution in [1.82, 2.24) is 0 Å². The third-order valence-corrected chi connectivity index (χ3v) is 4.43. The largest absolute Gasteiger partial charge is 0.388 e. The van der Waals surface area contributed by atoms with E-state index < -0.39 is 21.0 Å². The van der Waals surface area contributed by atoms with Crippen LogP contribution in [0.1, 0.15) is 13.8 Å². The van der Waals surface area contributed by atoms with Gasteiger partial charge in [-0.05, 0) is 12.5 Å². The molecule has 0 aromatic heterocycles. The van der Waals surface area contributed by atoms with Gasteiger partial charge in [0.1, 0.15) is 0 Å². The second kappa shape index (κ2) is 2.60. The lowest BCUT2D eigenvalue weighted by Gasteiger charge is -2.29. The molecule has 0 aliphatic carbocycles. The molecule has 6 nitrogen and oxygen atoms in total. The highest BCUT2D eigenvalue weighted by molar-refractivity contribution is 7.91. The lowest BCUT2D eigenvalue weighted by Crippen LogP contribution is -2.46. The molecule has 1 fully saturated rings. The van der Waals surface area contributed by atoms with Gasteiger partial charge in [-0.2, -0.15) is 0 Å². The maximum Gasteiger partial charge on any atom is 0.153 e. The minimum atomic E-state index is -3.30. The zero-order valence-corrected chi connectivity index (χ0v) is 8.24. The monoisotopic (exact) mass is 205 g/mol. The molecule has 0 aromatic carbocycles. The molecular weight excluding hydrogens is 194 g/mol. The minimum Gasteiger partial charge on any atom is -0.388 e. The van der Waals surface area contributed by atoms with E-state index in [1.54, 1.807) is 0 Å². The van der Waals surface area contributed by atoms with E-state index >= 15 is 0 Å². The molecule has 1 saturated heterocycles. The van der Waals surface area contributed by atoms with Crippen molar-refractivity contribution in [2.45, 2.75) is 25.0 Å². The molecule has 7 heteroatoms. The number of sulfone groups is 1. The standard InChI is InChI=1S/C6H11N3O3S/c1-5(8-9-7)3-13(11,12)4-6(5,2)10/h10H,3-4H2,1-2H3/t5-,6-/m1/s1. The zero-order valence-electron chi connectivity index (χ0n) is 7.43. The second-order valence-electron chi connectivity index (χ2n) is 3.77. The Balaban J connectivity index is 3.22. The predicted molar refractivity (Wildman–Crippen MR) is 46.8 cm³/mol. The second-order valence-corrected chi connectivity index (χ2v) is 5.83. The predicted octanol–water partition coefficient (Wildman–Crippen LogP) is 0.235. The summed E-state index contributed by atoms with van der Waals surface area (Å²) in [6.07, 6.45) is 0. The Hall–Kier alpha value is -0.780. The third-order valence-electron chi connectivity index (χ3n) is 2.43. The van der Waals surface area contributed by atoms with Crippen LogP contribution in [0, 0.1) is 0 Å². The normalized spacial score (nSPS) is 42.7. The van der Waals surface area contributed by atoms with Crippen LogP contribution in [0.5, 0.6) is 0 Å². The first-order valence-corrected chi connectivity index (χ1v) is 5.54. The van der Waals surface area contributed by atoms with Gasteiger partial charge in [-0.3, -0.25) is 0 Å². The van der Waals surface area contributed by atoms with Crippen LogP contribution in [-0.2, 0) is 9.84 Å². The van der Waals surface area contributed by atoms with Crippen LogP contribution in [0.2, 0.25) is 0 Å². The van der Waals surface area contributed by atoms with Crippen LogP contribution in [0.3, 0.4) is 0 Å². The Morgan fingerprint density at radius 1 is 1.46 bits per heavy atom. The van der Waals surface area contributed by atoms with E-state index in [0.717, 1.165) is 0 Å². The molecule has 1 rings (SSSR count). The Bertz CT molecular complexity index is 369. The van der Waals surface area contributed by atoms with Crippen LogP contribution in [0.25, 0.3) is 10.4 Å². The summed E-state index contributed by atoms with van der Waals surface area (Å²) in [6.45, 7) is 2.81.